The molecule has 0 spiro atoms. The number of aryl methyl sites for hydroxylation is 1. The minimum absolute atomic E-state index is 0.117. The van der Waals surface area contributed by atoms with Crippen LogP contribution in [0.15, 0.2) is 30.5 Å². The molecule has 0 aliphatic heterocycles. The molecule has 0 atom stereocenters. The monoisotopic (exact) mass is 425 g/mol. The second-order valence-corrected chi connectivity index (χ2v) is 6.81. The molecule has 2 radical (unpaired) electrons. The molecule has 8 heteroatoms. The standard InChI is InChI=1S/C16H14AsCl2N3O2/c17-12-5-1-9(7-21-12)8-22-13(23)6-3-10-2-4-11(18)15(19)14(10)16(20)24/h1-2,4-5,7H,3,6,8H2,(H2,20,24)(H,22,23). The molecule has 0 aliphatic rings. The fourth-order valence-corrected chi connectivity index (χ4v) is 2.84. The first-order chi connectivity index (χ1) is 11.4. The van der Waals surface area contributed by atoms with Crippen molar-refractivity contribution in [1.82, 2.24) is 10.3 Å². The average molecular weight is 426 g/mol. The Morgan fingerprint density at radius 3 is 2.58 bits per heavy atom. The van der Waals surface area contributed by atoms with Crippen molar-refractivity contribution in [3.8, 4) is 0 Å². The Balaban J connectivity index is 1.95. The average Bonchev–Trinajstić information content (AvgIpc) is 2.55. The maximum atomic E-state index is 12.0. The van der Waals surface area contributed by atoms with Gasteiger partial charge in [0.25, 0.3) is 0 Å². The number of hydrogen-bond acceptors (Lipinski definition) is 3. The molecule has 124 valence electrons. The van der Waals surface area contributed by atoms with E-state index in [1.165, 1.54) is 0 Å². The second kappa shape index (κ2) is 8.52. The zero-order valence-electron chi connectivity index (χ0n) is 12.6. The molecule has 1 aromatic heterocycles. The number of aromatic nitrogens is 1. The summed E-state index contributed by atoms with van der Waals surface area (Å²) in [6.07, 6.45) is 2.25. The van der Waals surface area contributed by atoms with Crippen molar-refractivity contribution >= 4 is 56.4 Å². The molecule has 2 rings (SSSR count). The minimum atomic E-state index is -0.665. The first-order valence-corrected chi connectivity index (χ1v) is 8.75. The van der Waals surface area contributed by atoms with Gasteiger partial charge in [0.1, 0.15) is 0 Å². The molecular weight excluding hydrogens is 412 g/mol. The first-order valence-electron chi connectivity index (χ1n) is 7.05. The van der Waals surface area contributed by atoms with Gasteiger partial charge in [-0.2, -0.15) is 0 Å². The van der Waals surface area contributed by atoms with Crippen molar-refractivity contribution in [2.45, 2.75) is 19.4 Å². The van der Waals surface area contributed by atoms with Crippen LogP contribution in [0.25, 0.3) is 0 Å². The van der Waals surface area contributed by atoms with Gasteiger partial charge in [-0.25, -0.2) is 0 Å². The molecule has 1 heterocycles. The van der Waals surface area contributed by atoms with Gasteiger partial charge in [0.15, 0.2) is 0 Å². The van der Waals surface area contributed by atoms with Crippen molar-refractivity contribution in [1.29, 1.82) is 0 Å². The molecule has 2 amide bonds. The van der Waals surface area contributed by atoms with Crippen LogP contribution in [0, 0.1) is 0 Å². The number of benzene rings is 1. The number of amides is 2. The minimum Gasteiger partial charge on any atom is -0.0827 e. The van der Waals surface area contributed by atoms with Crippen LogP contribution in [0.2, 0.25) is 10.0 Å². The van der Waals surface area contributed by atoms with Gasteiger partial charge in [-0.1, -0.05) is 23.2 Å². The van der Waals surface area contributed by atoms with Crippen LogP contribution in [0.5, 0.6) is 0 Å². The van der Waals surface area contributed by atoms with Crippen LogP contribution >= 0.6 is 23.2 Å². The van der Waals surface area contributed by atoms with E-state index in [0.717, 1.165) is 10.0 Å². The third-order valence-corrected chi connectivity index (χ3v) is 4.71. The van der Waals surface area contributed by atoms with Gasteiger partial charge in [0.2, 0.25) is 0 Å². The van der Waals surface area contributed by atoms with E-state index in [4.69, 9.17) is 28.9 Å². The van der Waals surface area contributed by atoms with Gasteiger partial charge in [-0.15, -0.1) is 0 Å². The molecule has 0 fully saturated rings. The van der Waals surface area contributed by atoms with Gasteiger partial charge in [-0.05, 0) is 0 Å². The molecule has 0 saturated carbocycles. The van der Waals surface area contributed by atoms with E-state index < -0.39 is 5.91 Å². The van der Waals surface area contributed by atoms with Crippen LogP contribution in [0.3, 0.4) is 0 Å². The van der Waals surface area contributed by atoms with Gasteiger partial charge >= 0.3 is 120 Å². The smallest absolute Gasteiger partial charge is 0.0827 e. The van der Waals surface area contributed by atoms with Gasteiger partial charge in [-0.3, -0.25) is 4.79 Å². The maximum absolute atomic E-state index is 12.0. The van der Waals surface area contributed by atoms with Crippen molar-refractivity contribution in [2.75, 3.05) is 0 Å². The summed E-state index contributed by atoms with van der Waals surface area (Å²) >= 11 is 14.3. The van der Waals surface area contributed by atoms with Crippen molar-refractivity contribution in [3.05, 3.63) is 57.2 Å². The topological polar surface area (TPSA) is 85.1 Å². The molecule has 0 unspecified atom stereocenters. The SMILES string of the molecule is NC(=O)c1c(CCC(=O)NCc2ccc([As])nc2)ccc(Cl)c1Cl. The predicted octanol–water partition coefficient (Wildman–Crippen LogP) is 1.53. The zero-order chi connectivity index (χ0) is 17.7. The van der Waals surface area contributed by atoms with Gasteiger partial charge in [0.05, 0.1) is 5.02 Å². The molecular formula is C16H14AsCl2N3O2. The molecule has 24 heavy (non-hydrogen) atoms. The van der Waals surface area contributed by atoms with E-state index in [2.05, 4.69) is 27.2 Å². The summed E-state index contributed by atoms with van der Waals surface area (Å²) in [7, 11) is 0. The molecule has 0 bridgehead atoms. The van der Waals surface area contributed by atoms with Crippen LogP contribution in [0.4, 0.5) is 0 Å². The molecule has 2 aromatic rings. The number of nitrogens with one attached hydrogen (secondary N) is 1. The summed E-state index contributed by atoms with van der Waals surface area (Å²) in [5, 5.41) is 3.17. The first kappa shape index (κ1) is 18.8. The Labute approximate surface area is 158 Å². The Kier molecular flexibility index (Phi) is 6.67. The molecule has 0 aliphatic carbocycles. The summed E-state index contributed by atoms with van der Waals surface area (Å²) in [4.78, 5) is 27.7. The summed E-state index contributed by atoms with van der Waals surface area (Å²) < 4.78 is 0.858. The molecule has 3 N–H and O–H groups in total. The number of primary amides is 1. The Morgan fingerprint density at radius 1 is 1.21 bits per heavy atom. The van der Waals surface area contributed by atoms with Crippen LogP contribution in [0.1, 0.15) is 27.9 Å². The normalized spacial score (nSPS) is 10.5. The van der Waals surface area contributed by atoms with E-state index >= 15 is 0 Å². The predicted molar refractivity (Wildman–Crippen MR) is 94.8 cm³/mol. The van der Waals surface area contributed by atoms with Gasteiger partial charge in [0, 0.05) is 0 Å². The number of rotatable bonds is 6. The van der Waals surface area contributed by atoms with E-state index in [1.54, 1.807) is 18.3 Å². The summed E-state index contributed by atoms with van der Waals surface area (Å²) in [6.45, 7) is 0.392. The fraction of sp³-hybridized carbons (Fsp3) is 0.188. The quantitative estimate of drug-likeness (QED) is 0.688. The number of nitrogens with zero attached hydrogens (tertiary/aromatic N) is 1. The molecule has 0 saturated heterocycles. The van der Waals surface area contributed by atoms with Gasteiger partial charge < -0.3 is 5.73 Å². The Bertz CT molecular complexity index is 767. The van der Waals surface area contributed by atoms with Crippen molar-refractivity contribution in [3.63, 3.8) is 0 Å². The van der Waals surface area contributed by atoms with Crippen molar-refractivity contribution < 1.29 is 9.59 Å². The zero-order valence-corrected chi connectivity index (χ0v) is 15.9. The third kappa shape index (κ3) is 4.97. The Morgan fingerprint density at radius 2 is 1.96 bits per heavy atom. The van der Waals surface area contributed by atoms with E-state index in [1.807, 2.05) is 12.1 Å². The van der Waals surface area contributed by atoms with Crippen LogP contribution < -0.4 is 15.5 Å². The molecule has 1 aromatic carbocycles. The Hall–Kier alpha value is -1.55. The second-order valence-electron chi connectivity index (χ2n) is 5.06. The number of hydrogen-bond donors (Lipinski definition) is 2. The number of pyridine rings is 1. The third-order valence-electron chi connectivity index (χ3n) is 3.35. The van der Waals surface area contributed by atoms with Crippen molar-refractivity contribution in [2.24, 2.45) is 5.73 Å². The number of carbonyl (C=O) groups is 2. The fourth-order valence-electron chi connectivity index (χ4n) is 2.12. The number of nitrogens with two attached hydrogens (primary N) is 1. The van der Waals surface area contributed by atoms with Crippen LogP contribution in [-0.2, 0) is 17.8 Å². The number of halogens is 2. The summed E-state index contributed by atoms with van der Waals surface area (Å²) in [6, 6.07) is 6.99. The molecule has 5 nitrogen and oxygen atoms in total. The summed E-state index contributed by atoms with van der Waals surface area (Å²) in [5.74, 6) is -0.810. The van der Waals surface area contributed by atoms with E-state index in [-0.39, 0.29) is 27.9 Å². The van der Waals surface area contributed by atoms with E-state index in [0.29, 0.717) is 18.5 Å². The van der Waals surface area contributed by atoms with Crippen LogP contribution in [-0.4, -0.2) is 33.7 Å². The summed E-state index contributed by atoms with van der Waals surface area (Å²) in [5.41, 5.74) is 7.02. The van der Waals surface area contributed by atoms with E-state index in [9.17, 15) is 9.59 Å². The number of carbonyl (C=O) groups excluding carboxylic acids is 2.